The third-order valence-corrected chi connectivity index (χ3v) is 4.74. The molecule has 0 saturated carbocycles. The predicted octanol–water partition coefficient (Wildman–Crippen LogP) is 4.74. The summed E-state index contributed by atoms with van der Waals surface area (Å²) >= 11 is 1.66. The number of hydrogen-bond acceptors (Lipinski definition) is 4. The normalized spacial score (nSPS) is 10.8. The number of thioether (sulfide) groups is 1. The summed E-state index contributed by atoms with van der Waals surface area (Å²) in [5.74, 6) is 0.613. The van der Waals surface area contributed by atoms with Crippen LogP contribution in [-0.2, 0) is 6.54 Å². The van der Waals surface area contributed by atoms with Crippen molar-refractivity contribution in [1.29, 1.82) is 0 Å². The van der Waals surface area contributed by atoms with Crippen molar-refractivity contribution in [1.82, 2.24) is 4.98 Å². The molecule has 0 radical (unpaired) electrons. The molecule has 124 valence electrons. The number of anilines is 1. The first-order valence-electron chi connectivity index (χ1n) is 7.58. The van der Waals surface area contributed by atoms with Gasteiger partial charge in [0.2, 0.25) is 0 Å². The molecule has 0 aliphatic rings. The fourth-order valence-electron chi connectivity index (χ4n) is 2.78. The number of pyridine rings is 1. The number of fused-ring (bicyclic) bond motifs is 1. The first kappa shape index (κ1) is 16.6. The summed E-state index contributed by atoms with van der Waals surface area (Å²) in [5, 5.41) is 0.939. The SMILES string of the molecule is COc1cc(CN(C)c2ccnc3cc(F)ccc23)ccc1SC. The Hall–Kier alpha value is -2.27. The number of hydrogen-bond donors (Lipinski definition) is 0. The summed E-state index contributed by atoms with van der Waals surface area (Å²) < 4.78 is 18.9. The third-order valence-electron chi connectivity index (χ3n) is 3.96. The van der Waals surface area contributed by atoms with Gasteiger partial charge in [0, 0.05) is 41.8 Å². The van der Waals surface area contributed by atoms with Gasteiger partial charge in [0.1, 0.15) is 11.6 Å². The summed E-state index contributed by atoms with van der Waals surface area (Å²) in [6.45, 7) is 0.724. The molecule has 2 aromatic carbocycles. The van der Waals surface area contributed by atoms with E-state index in [2.05, 4.69) is 28.1 Å². The number of aromatic nitrogens is 1. The maximum atomic E-state index is 13.4. The minimum absolute atomic E-state index is 0.271. The van der Waals surface area contributed by atoms with Gasteiger partial charge >= 0.3 is 0 Å². The van der Waals surface area contributed by atoms with Gasteiger partial charge in [-0.1, -0.05) is 6.07 Å². The van der Waals surface area contributed by atoms with Gasteiger partial charge in [0.15, 0.2) is 0 Å². The van der Waals surface area contributed by atoms with Crippen molar-refractivity contribution in [2.24, 2.45) is 0 Å². The van der Waals surface area contributed by atoms with Crippen LogP contribution in [0.2, 0.25) is 0 Å². The molecule has 0 amide bonds. The van der Waals surface area contributed by atoms with Gasteiger partial charge in [-0.25, -0.2) is 4.39 Å². The number of nitrogens with zero attached hydrogens (tertiary/aromatic N) is 2. The van der Waals surface area contributed by atoms with Gasteiger partial charge in [0.05, 0.1) is 12.6 Å². The van der Waals surface area contributed by atoms with Crippen LogP contribution in [-0.4, -0.2) is 25.4 Å². The average molecular weight is 342 g/mol. The van der Waals surface area contributed by atoms with E-state index < -0.39 is 0 Å². The molecule has 0 N–H and O–H groups in total. The largest absolute Gasteiger partial charge is 0.496 e. The van der Waals surface area contributed by atoms with Crippen molar-refractivity contribution in [3.05, 3.63) is 60.0 Å². The van der Waals surface area contributed by atoms with E-state index in [9.17, 15) is 4.39 Å². The second-order valence-electron chi connectivity index (χ2n) is 5.54. The molecule has 0 saturated heterocycles. The molecular formula is C19H19FN2OS. The van der Waals surface area contributed by atoms with Crippen LogP contribution >= 0.6 is 11.8 Å². The Labute approximate surface area is 145 Å². The Balaban J connectivity index is 1.91. The number of ether oxygens (including phenoxy) is 1. The van der Waals surface area contributed by atoms with Crippen molar-refractivity contribution in [3.63, 3.8) is 0 Å². The van der Waals surface area contributed by atoms with E-state index in [1.54, 1.807) is 31.1 Å². The van der Waals surface area contributed by atoms with Crippen LogP contribution in [0.5, 0.6) is 5.75 Å². The summed E-state index contributed by atoms with van der Waals surface area (Å²) in [4.78, 5) is 7.51. The zero-order chi connectivity index (χ0) is 17.1. The Morgan fingerprint density at radius 2 is 2.00 bits per heavy atom. The lowest BCUT2D eigenvalue weighted by Crippen LogP contribution is -2.17. The number of methoxy groups -OCH3 is 1. The van der Waals surface area contributed by atoms with Crippen molar-refractivity contribution in [2.75, 3.05) is 25.3 Å². The summed E-state index contributed by atoms with van der Waals surface area (Å²) in [7, 11) is 3.71. The highest BCUT2D eigenvalue weighted by molar-refractivity contribution is 7.98. The Morgan fingerprint density at radius 1 is 1.17 bits per heavy atom. The topological polar surface area (TPSA) is 25.4 Å². The van der Waals surface area contributed by atoms with E-state index in [0.29, 0.717) is 5.52 Å². The van der Waals surface area contributed by atoms with Gasteiger partial charge in [-0.05, 0) is 42.2 Å². The van der Waals surface area contributed by atoms with Crippen LogP contribution in [0.25, 0.3) is 10.9 Å². The second-order valence-corrected chi connectivity index (χ2v) is 6.39. The molecule has 0 aliphatic heterocycles. The van der Waals surface area contributed by atoms with Gasteiger partial charge in [0.25, 0.3) is 0 Å². The Morgan fingerprint density at radius 3 is 2.75 bits per heavy atom. The standard InChI is InChI=1S/C19H19FN2OS/c1-22(12-13-4-7-19(24-3)18(10-13)23-2)17-8-9-21-16-11-14(20)5-6-15(16)17/h4-11H,12H2,1-3H3. The van der Waals surface area contributed by atoms with Crippen LogP contribution in [0.1, 0.15) is 5.56 Å². The van der Waals surface area contributed by atoms with E-state index >= 15 is 0 Å². The lowest BCUT2D eigenvalue weighted by molar-refractivity contribution is 0.404. The average Bonchev–Trinajstić information content (AvgIpc) is 2.60. The van der Waals surface area contributed by atoms with Crippen LogP contribution in [0.3, 0.4) is 0 Å². The Bertz CT molecular complexity index is 869. The van der Waals surface area contributed by atoms with Gasteiger partial charge in [-0.2, -0.15) is 0 Å². The minimum atomic E-state index is -0.271. The maximum Gasteiger partial charge on any atom is 0.132 e. The molecule has 3 nitrogen and oxygen atoms in total. The lowest BCUT2D eigenvalue weighted by atomic mass is 10.1. The number of halogens is 1. The van der Waals surface area contributed by atoms with E-state index in [1.807, 2.05) is 19.4 Å². The Kier molecular flexibility index (Phi) is 4.90. The highest BCUT2D eigenvalue weighted by Gasteiger charge is 2.10. The molecule has 0 fully saturated rings. The van der Waals surface area contributed by atoms with Crippen molar-refractivity contribution in [2.45, 2.75) is 11.4 Å². The molecule has 0 atom stereocenters. The van der Waals surface area contributed by atoms with Gasteiger partial charge in [-0.15, -0.1) is 11.8 Å². The van der Waals surface area contributed by atoms with E-state index in [1.165, 1.54) is 12.1 Å². The van der Waals surface area contributed by atoms with E-state index in [4.69, 9.17) is 4.74 Å². The zero-order valence-corrected chi connectivity index (χ0v) is 14.7. The smallest absolute Gasteiger partial charge is 0.132 e. The molecule has 3 aromatic rings. The summed E-state index contributed by atoms with van der Waals surface area (Å²) in [6, 6.07) is 12.9. The predicted molar refractivity (Wildman–Crippen MR) is 98.6 cm³/mol. The number of rotatable bonds is 5. The first-order valence-corrected chi connectivity index (χ1v) is 8.81. The van der Waals surface area contributed by atoms with Gasteiger partial charge < -0.3 is 9.64 Å². The first-order chi connectivity index (χ1) is 11.6. The fourth-order valence-corrected chi connectivity index (χ4v) is 3.32. The zero-order valence-electron chi connectivity index (χ0n) is 13.9. The molecule has 1 aromatic heterocycles. The van der Waals surface area contributed by atoms with Crippen molar-refractivity contribution >= 4 is 28.4 Å². The molecule has 1 heterocycles. The third kappa shape index (κ3) is 3.31. The highest BCUT2D eigenvalue weighted by Crippen LogP contribution is 2.30. The molecular weight excluding hydrogens is 323 g/mol. The fraction of sp³-hybridized carbons (Fsp3) is 0.211. The summed E-state index contributed by atoms with van der Waals surface area (Å²) in [6.07, 6.45) is 3.75. The number of benzene rings is 2. The molecule has 0 unspecified atom stereocenters. The lowest BCUT2D eigenvalue weighted by Gasteiger charge is -2.21. The molecule has 3 rings (SSSR count). The summed E-state index contributed by atoms with van der Waals surface area (Å²) in [5.41, 5.74) is 2.83. The molecule has 0 bridgehead atoms. The minimum Gasteiger partial charge on any atom is -0.496 e. The van der Waals surface area contributed by atoms with Crippen LogP contribution in [0.15, 0.2) is 53.6 Å². The molecule has 24 heavy (non-hydrogen) atoms. The maximum absolute atomic E-state index is 13.4. The van der Waals surface area contributed by atoms with Crippen molar-refractivity contribution < 1.29 is 9.13 Å². The van der Waals surface area contributed by atoms with E-state index in [-0.39, 0.29) is 5.82 Å². The molecule has 0 aliphatic carbocycles. The quantitative estimate of drug-likeness (QED) is 0.625. The van der Waals surface area contributed by atoms with E-state index in [0.717, 1.165) is 33.8 Å². The van der Waals surface area contributed by atoms with Crippen LogP contribution in [0.4, 0.5) is 10.1 Å². The van der Waals surface area contributed by atoms with Gasteiger partial charge in [-0.3, -0.25) is 4.98 Å². The van der Waals surface area contributed by atoms with Crippen molar-refractivity contribution in [3.8, 4) is 5.75 Å². The van der Waals surface area contributed by atoms with Crippen LogP contribution < -0.4 is 9.64 Å². The second kappa shape index (κ2) is 7.09. The molecule has 5 heteroatoms. The molecule has 0 spiro atoms. The highest BCUT2D eigenvalue weighted by atomic mass is 32.2. The monoisotopic (exact) mass is 342 g/mol. The van der Waals surface area contributed by atoms with Crippen LogP contribution in [0, 0.1) is 5.82 Å².